The summed E-state index contributed by atoms with van der Waals surface area (Å²) in [6.45, 7) is 5.77. The minimum absolute atomic E-state index is 0.00445. The second-order valence-corrected chi connectivity index (χ2v) is 6.52. The molecular formula is C19H28N2O4. The molecule has 1 heterocycles. The van der Waals surface area contributed by atoms with Crippen molar-refractivity contribution in [3.63, 3.8) is 0 Å². The first-order valence-corrected chi connectivity index (χ1v) is 8.75. The monoisotopic (exact) mass is 348 g/mol. The highest BCUT2D eigenvalue weighted by Gasteiger charge is 2.24. The van der Waals surface area contributed by atoms with Crippen LogP contribution in [0.2, 0.25) is 0 Å². The second-order valence-electron chi connectivity index (χ2n) is 6.52. The van der Waals surface area contributed by atoms with Gasteiger partial charge in [0.05, 0.1) is 6.61 Å². The zero-order valence-electron chi connectivity index (χ0n) is 15.3. The van der Waals surface area contributed by atoms with E-state index in [2.05, 4.69) is 5.32 Å². The average molecular weight is 348 g/mol. The molecule has 0 aliphatic carbocycles. The number of ether oxygens (including phenoxy) is 2. The first-order chi connectivity index (χ1) is 12.0. The molecule has 0 aromatic heterocycles. The number of methoxy groups -OCH3 is 1. The van der Waals surface area contributed by atoms with E-state index in [-0.39, 0.29) is 24.5 Å². The molecule has 6 heteroatoms. The van der Waals surface area contributed by atoms with Crippen molar-refractivity contribution in [2.45, 2.75) is 39.2 Å². The molecule has 1 saturated heterocycles. The van der Waals surface area contributed by atoms with Gasteiger partial charge in [-0.3, -0.25) is 9.59 Å². The fourth-order valence-corrected chi connectivity index (χ4v) is 2.96. The van der Waals surface area contributed by atoms with Gasteiger partial charge in [0.25, 0.3) is 5.91 Å². The van der Waals surface area contributed by atoms with E-state index in [9.17, 15) is 9.59 Å². The lowest BCUT2D eigenvalue weighted by atomic mass is 10.0. The molecule has 1 N–H and O–H groups in total. The molecule has 0 saturated carbocycles. The van der Waals surface area contributed by atoms with E-state index < -0.39 is 0 Å². The highest BCUT2D eigenvalue weighted by atomic mass is 16.5. The number of aryl methyl sites for hydroxylation is 2. The molecule has 1 fully saturated rings. The fourth-order valence-electron chi connectivity index (χ4n) is 2.96. The Morgan fingerprint density at radius 1 is 1.24 bits per heavy atom. The number of hydrogen-bond donors (Lipinski definition) is 1. The molecule has 1 aliphatic rings. The van der Waals surface area contributed by atoms with Crippen molar-refractivity contribution in [2.75, 3.05) is 33.4 Å². The number of nitrogens with one attached hydrogen (secondary N) is 1. The van der Waals surface area contributed by atoms with Crippen LogP contribution >= 0.6 is 0 Å². The number of nitrogens with zero attached hydrogens (tertiary/aromatic N) is 1. The molecule has 25 heavy (non-hydrogen) atoms. The van der Waals surface area contributed by atoms with Gasteiger partial charge in [-0.05, 0) is 38.3 Å². The Kier molecular flexibility index (Phi) is 7.25. The summed E-state index contributed by atoms with van der Waals surface area (Å²) in [7, 11) is 1.58. The molecule has 2 amide bonds. The third-order valence-electron chi connectivity index (χ3n) is 4.43. The Morgan fingerprint density at radius 2 is 1.96 bits per heavy atom. The average Bonchev–Trinajstić information content (AvgIpc) is 2.59. The van der Waals surface area contributed by atoms with E-state index >= 15 is 0 Å². The van der Waals surface area contributed by atoms with Crippen molar-refractivity contribution >= 4 is 11.8 Å². The largest absolute Gasteiger partial charge is 0.484 e. The number of rotatable bonds is 7. The SMILES string of the molecule is COCCC(=O)NC1CCN(C(=O)COc2ccc(C)cc2C)CC1. The van der Waals surface area contributed by atoms with Crippen LogP contribution in [0, 0.1) is 13.8 Å². The summed E-state index contributed by atoms with van der Waals surface area (Å²) >= 11 is 0. The van der Waals surface area contributed by atoms with E-state index in [0.717, 1.165) is 24.2 Å². The maximum absolute atomic E-state index is 12.3. The first kappa shape index (κ1) is 19.2. The Labute approximate surface area is 149 Å². The highest BCUT2D eigenvalue weighted by molar-refractivity contribution is 5.78. The van der Waals surface area contributed by atoms with Gasteiger partial charge < -0.3 is 19.7 Å². The van der Waals surface area contributed by atoms with Gasteiger partial charge in [0.2, 0.25) is 5.91 Å². The summed E-state index contributed by atoms with van der Waals surface area (Å²) in [6, 6.07) is 6.05. The van der Waals surface area contributed by atoms with Crippen molar-refractivity contribution in [2.24, 2.45) is 0 Å². The van der Waals surface area contributed by atoms with Crippen molar-refractivity contribution in [3.05, 3.63) is 29.3 Å². The van der Waals surface area contributed by atoms with E-state index in [1.807, 2.05) is 32.0 Å². The zero-order chi connectivity index (χ0) is 18.2. The predicted octanol–water partition coefficient (Wildman–Crippen LogP) is 1.83. The number of amides is 2. The molecule has 138 valence electrons. The summed E-state index contributed by atoms with van der Waals surface area (Å²) in [6.07, 6.45) is 1.92. The van der Waals surface area contributed by atoms with Gasteiger partial charge in [0.1, 0.15) is 5.75 Å². The second kappa shape index (κ2) is 9.42. The number of benzene rings is 1. The van der Waals surface area contributed by atoms with Gasteiger partial charge in [0.15, 0.2) is 6.61 Å². The molecule has 0 bridgehead atoms. The van der Waals surface area contributed by atoms with Gasteiger partial charge in [0, 0.05) is 32.7 Å². The lowest BCUT2D eigenvalue weighted by Gasteiger charge is -2.32. The Balaban J connectivity index is 1.73. The standard InChI is InChI=1S/C19H28N2O4/c1-14-4-5-17(15(2)12-14)25-13-19(23)21-9-6-16(7-10-21)20-18(22)8-11-24-3/h4-5,12,16H,6-11,13H2,1-3H3,(H,20,22). The van der Waals surface area contributed by atoms with Gasteiger partial charge in [-0.1, -0.05) is 17.7 Å². The van der Waals surface area contributed by atoms with Gasteiger partial charge >= 0.3 is 0 Å². The zero-order valence-corrected chi connectivity index (χ0v) is 15.3. The maximum atomic E-state index is 12.3. The Bertz CT molecular complexity index is 595. The minimum Gasteiger partial charge on any atom is -0.484 e. The third kappa shape index (κ3) is 6.05. The smallest absolute Gasteiger partial charge is 0.260 e. The van der Waals surface area contributed by atoms with E-state index in [4.69, 9.17) is 9.47 Å². The predicted molar refractivity (Wildman–Crippen MR) is 95.6 cm³/mol. The van der Waals surface area contributed by atoms with Crippen LogP contribution in [0.1, 0.15) is 30.4 Å². The molecule has 0 spiro atoms. The normalized spacial score (nSPS) is 15.1. The summed E-state index contributed by atoms with van der Waals surface area (Å²) in [5.74, 6) is 0.744. The molecule has 0 radical (unpaired) electrons. The number of hydrogen-bond acceptors (Lipinski definition) is 4. The molecule has 0 unspecified atom stereocenters. The number of carbonyl (C=O) groups excluding carboxylic acids is 2. The quantitative estimate of drug-likeness (QED) is 0.816. The van der Waals surface area contributed by atoms with Crippen molar-refractivity contribution < 1.29 is 19.1 Å². The third-order valence-corrected chi connectivity index (χ3v) is 4.43. The summed E-state index contributed by atoms with van der Waals surface area (Å²) in [5, 5.41) is 3.00. The molecule has 1 aromatic rings. The molecule has 2 rings (SSSR count). The fraction of sp³-hybridized carbons (Fsp3) is 0.579. The van der Waals surface area contributed by atoms with Gasteiger partial charge in [-0.15, -0.1) is 0 Å². The molecule has 6 nitrogen and oxygen atoms in total. The van der Waals surface area contributed by atoms with Gasteiger partial charge in [-0.25, -0.2) is 0 Å². The lowest BCUT2D eigenvalue weighted by molar-refractivity contribution is -0.134. The Hall–Kier alpha value is -2.08. The highest BCUT2D eigenvalue weighted by Crippen LogP contribution is 2.19. The Morgan fingerprint density at radius 3 is 2.60 bits per heavy atom. The number of carbonyl (C=O) groups is 2. The minimum atomic E-state index is -0.0101. The van der Waals surface area contributed by atoms with Crippen LogP contribution in [0.15, 0.2) is 18.2 Å². The summed E-state index contributed by atoms with van der Waals surface area (Å²) in [4.78, 5) is 25.8. The first-order valence-electron chi connectivity index (χ1n) is 8.75. The number of likely N-dealkylation sites (tertiary alicyclic amines) is 1. The van der Waals surface area contributed by atoms with Crippen LogP contribution in [0.4, 0.5) is 0 Å². The molecular weight excluding hydrogens is 320 g/mol. The maximum Gasteiger partial charge on any atom is 0.260 e. The molecule has 0 atom stereocenters. The van der Waals surface area contributed by atoms with E-state index in [1.165, 1.54) is 5.56 Å². The van der Waals surface area contributed by atoms with E-state index in [1.54, 1.807) is 12.0 Å². The van der Waals surface area contributed by atoms with Crippen molar-refractivity contribution in [1.29, 1.82) is 0 Å². The van der Waals surface area contributed by atoms with Crippen LogP contribution in [0.3, 0.4) is 0 Å². The van der Waals surface area contributed by atoms with Crippen LogP contribution < -0.4 is 10.1 Å². The van der Waals surface area contributed by atoms with Crippen LogP contribution in [0.5, 0.6) is 5.75 Å². The summed E-state index contributed by atoms with van der Waals surface area (Å²) < 4.78 is 10.6. The molecule has 1 aromatic carbocycles. The van der Waals surface area contributed by atoms with Crippen molar-refractivity contribution in [3.8, 4) is 5.75 Å². The van der Waals surface area contributed by atoms with Gasteiger partial charge in [-0.2, -0.15) is 0 Å². The molecule has 1 aliphatic heterocycles. The lowest BCUT2D eigenvalue weighted by Crippen LogP contribution is -2.47. The van der Waals surface area contributed by atoms with Crippen molar-refractivity contribution in [1.82, 2.24) is 10.2 Å². The topological polar surface area (TPSA) is 67.9 Å². The summed E-state index contributed by atoms with van der Waals surface area (Å²) in [5.41, 5.74) is 2.20. The van der Waals surface area contributed by atoms with Crippen LogP contribution in [-0.4, -0.2) is 56.2 Å². The number of piperidine rings is 1. The van der Waals surface area contributed by atoms with E-state index in [0.29, 0.717) is 26.1 Å². The van der Waals surface area contributed by atoms with Crippen LogP contribution in [-0.2, 0) is 14.3 Å². The van der Waals surface area contributed by atoms with Crippen LogP contribution in [0.25, 0.3) is 0 Å².